The van der Waals surface area contributed by atoms with E-state index in [1.54, 1.807) is 0 Å². The first kappa shape index (κ1) is 15.1. The van der Waals surface area contributed by atoms with Crippen LogP contribution in [-0.4, -0.2) is 42.3 Å². The van der Waals surface area contributed by atoms with Crippen LogP contribution in [0.3, 0.4) is 0 Å². The van der Waals surface area contributed by atoms with Crippen LogP contribution in [-0.2, 0) is 9.53 Å². The Morgan fingerprint density at radius 2 is 1.84 bits per heavy atom. The van der Waals surface area contributed by atoms with E-state index < -0.39 is 18.2 Å². The van der Waals surface area contributed by atoms with E-state index >= 15 is 0 Å². The summed E-state index contributed by atoms with van der Waals surface area (Å²) in [5.41, 5.74) is 0.486. The molecule has 0 spiro atoms. The number of hydrogen-bond acceptors (Lipinski definition) is 6. The van der Waals surface area contributed by atoms with Crippen molar-refractivity contribution in [2.24, 2.45) is 0 Å². The molecule has 0 radical (unpaired) electrons. The molecule has 1 aromatic rings. The molecule has 104 valence electrons. The van der Waals surface area contributed by atoms with Gasteiger partial charge in [0.05, 0.1) is 14.2 Å². The van der Waals surface area contributed by atoms with Gasteiger partial charge in [-0.25, -0.2) is 4.79 Å². The van der Waals surface area contributed by atoms with E-state index in [1.807, 2.05) is 0 Å². The molecule has 1 aromatic carbocycles. The lowest BCUT2D eigenvalue weighted by Gasteiger charge is -2.19. The van der Waals surface area contributed by atoms with Crippen LogP contribution in [0.1, 0.15) is 28.9 Å². The summed E-state index contributed by atoms with van der Waals surface area (Å²) in [6.07, 6.45) is -3.29. The van der Waals surface area contributed by atoms with Gasteiger partial charge in [0.2, 0.25) is 0 Å². The zero-order valence-electron chi connectivity index (χ0n) is 10.9. The SMILES string of the molecule is COC(=O)C(O)C(O)c1cc(C(C)=O)ccc1OC. The summed E-state index contributed by atoms with van der Waals surface area (Å²) in [6.45, 7) is 1.37. The molecule has 19 heavy (non-hydrogen) atoms. The van der Waals surface area contributed by atoms with Crippen LogP contribution < -0.4 is 4.74 Å². The predicted octanol–water partition coefficient (Wildman–Crippen LogP) is 0.465. The Kier molecular flexibility index (Phi) is 5.02. The van der Waals surface area contributed by atoms with Gasteiger partial charge in [-0.1, -0.05) is 0 Å². The maximum absolute atomic E-state index is 11.3. The minimum absolute atomic E-state index is 0.146. The highest BCUT2D eigenvalue weighted by molar-refractivity contribution is 5.94. The van der Waals surface area contributed by atoms with Crippen molar-refractivity contribution in [2.45, 2.75) is 19.1 Å². The van der Waals surface area contributed by atoms with Gasteiger partial charge >= 0.3 is 5.97 Å². The van der Waals surface area contributed by atoms with Crippen LogP contribution in [0, 0.1) is 0 Å². The number of rotatable bonds is 5. The van der Waals surface area contributed by atoms with Crippen LogP contribution in [0.15, 0.2) is 18.2 Å². The second kappa shape index (κ2) is 6.31. The summed E-state index contributed by atoms with van der Waals surface area (Å²) in [5.74, 6) is -0.910. The molecule has 2 atom stereocenters. The van der Waals surface area contributed by atoms with E-state index in [-0.39, 0.29) is 17.1 Å². The van der Waals surface area contributed by atoms with E-state index in [0.717, 1.165) is 7.11 Å². The van der Waals surface area contributed by atoms with Crippen LogP contribution in [0.25, 0.3) is 0 Å². The molecule has 0 saturated carbocycles. The number of benzene rings is 1. The van der Waals surface area contributed by atoms with Crippen molar-refractivity contribution in [1.29, 1.82) is 0 Å². The van der Waals surface area contributed by atoms with Gasteiger partial charge in [-0.05, 0) is 25.1 Å². The van der Waals surface area contributed by atoms with E-state index in [1.165, 1.54) is 32.2 Å². The van der Waals surface area contributed by atoms with Gasteiger partial charge in [-0.2, -0.15) is 0 Å². The van der Waals surface area contributed by atoms with Crippen molar-refractivity contribution in [3.8, 4) is 5.75 Å². The summed E-state index contributed by atoms with van der Waals surface area (Å²) in [4.78, 5) is 22.5. The summed E-state index contributed by atoms with van der Waals surface area (Å²) in [7, 11) is 2.48. The minimum atomic E-state index is -1.75. The number of esters is 1. The smallest absolute Gasteiger partial charge is 0.337 e. The summed E-state index contributed by atoms with van der Waals surface area (Å²) in [5, 5.41) is 19.6. The molecule has 0 fully saturated rings. The van der Waals surface area contributed by atoms with Crippen LogP contribution >= 0.6 is 0 Å². The number of aliphatic hydroxyl groups is 2. The normalized spacial score (nSPS) is 13.5. The van der Waals surface area contributed by atoms with Gasteiger partial charge < -0.3 is 19.7 Å². The molecule has 0 heterocycles. The van der Waals surface area contributed by atoms with Gasteiger partial charge in [0.25, 0.3) is 0 Å². The number of hydrogen-bond donors (Lipinski definition) is 2. The standard InChI is InChI=1S/C13H16O6/c1-7(14)8-4-5-10(18-2)9(6-8)11(15)12(16)13(17)19-3/h4-6,11-12,15-16H,1-3H3. The van der Waals surface area contributed by atoms with Gasteiger partial charge in [0, 0.05) is 11.1 Å². The summed E-state index contributed by atoms with van der Waals surface area (Å²) in [6, 6.07) is 4.39. The van der Waals surface area contributed by atoms with Gasteiger partial charge in [0.15, 0.2) is 11.9 Å². The number of carbonyl (C=O) groups excluding carboxylic acids is 2. The van der Waals surface area contributed by atoms with Crippen molar-refractivity contribution in [3.63, 3.8) is 0 Å². The highest BCUT2D eigenvalue weighted by Crippen LogP contribution is 2.29. The minimum Gasteiger partial charge on any atom is -0.496 e. The Hall–Kier alpha value is -1.92. The third-order valence-electron chi connectivity index (χ3n) is 2.70. The Balaban J connectivity index is 3.19. The second-order valence-corrected chi connectivity index (χ2v) is 3.93. The van der Waals surface area contributed by atoms with E-state index in [0.29, 0.717) is 5.56 Å². The highest BCUT2D eigenvalue weighted by atomic mass is 16.5. The Morgan fingerprint density at radius 3 is 2.32 bits per heavy atom. The topological polar surface area (TPSA) is 93.1 Å². The fourth-order valence-corrected chi connectivity index (χ4v) is 1.60. The highest BCUT2D eigenvalue weighted by Gasteiger charge is 2.29. The molecule has 1 rings (SSSR count). The summed E-state index contributed by atoms with van der Waals surface area (Å²) >= 11 is 0. The number of methoxy groups -OCH3 is 2. The number of ether oxygens (including phenoxy) is 2. The lowest BCUT2D eigenvalue weighted by atomic mass is 9.99. The van der Waals surface area contributed by atoms with Gasteiger partial charge in [-0.15, -0.1) is 0 Å². The molecular weight excluding hydrogens is 252 g/mol. The van der Waals surface area contributed by atoms with Gasteiger partial charge in [-0.3, -0.25) is 4.79 Å². The number of aliphatic hydroxyl groups excluding tert-OH is 2. The molecule has 0 bridgehead atoms. The van der Waals surface area contributed by atoms with Crippen molar-refractivity contribution >= 4 is 11.8 Å². The van der Waals surface area contributed by atoms with Crippen molar-refractivity contribution < 1.29 is 29.3 Å². The zero-order chi connectivity index (χ0) is 14.6. The monoisotopic (exact) mass is 268 g/mol. The first-order chi connectivity index (χ1) is 8.92. The Morgan fingerprint density at radius 1 is 1.21 bits per heavy atom. The Labute approximate surface area is 110 Å². The van der Waals surface area contributed by atoms with Crippen LogP contribution in [0.2, 0.25) is 0 Å². The quantitative estimate of drug-likeness (QED) is 0.595. The second-order valence-electron chi connectivity index (χ2n) is 3.93. The maximum atomic E-state index is 11.3. The first-order valence-corrected chi connectivity index (χ1v) is 5.55. The molecule has 0 aliphatic rings. The van der Waals surface area contributed by atoms with E-state index in [9.17, 15) is 19.8 Å². The van der Waals surface area contributed by atoms with Crippen LogP contribution in [0.5, 0.6) is 5.75 Å². The molecule has 0 aliphatic heterocycles. The molecular formula is C13H16O6. The third-order valence-corrected chi connectivity index (χ3v) is 2.70. The fraction of sp³-hybridized carbons (Fsp3) is 0.385. The van der Waals surface area contributed by atoms with E-state index in [4.69, 9.17) is 4.74 Å². The van der Waals surface area contributed by atoms with Crippen molar-refractivity contribution in [1.82, 2.24) is 0 Å². The molecule has 0 aliphatic carbocycles. The van der Waals surface area contributed by atoms with Gasteiger partial charge in [0.1, 0.15) is 11.9 Å². The Bertz CT molecular complexity index is 482. The van der Waals surface area contributed by atoms with Crippen molar-refractivity contribution in [3.05, 3.63) is 29.3 Å². The van der Waals surface area contributed by atoms with E-state index in [2.05, 4.69) is 4.74 Å². The average molecular weight is 268 g/mol. The number of carbonyl (C=O) groups is 2. The average Bonchev–Trinajstić information content (AvgIpc) is 2.43. The lowest BCUT2D eigenvalue weighted by molar-refractivity contribution is -0.156. The molecule has 0 aromatic heterocycles. The number of ketones is 1. The third kappa shape index (κ3) is 3.30. The largest absolute Gasteiger partial charge is 0.496 e. The summed E-state index contributed by atoms with van der Waals surface area (Å²) < 4.78 is 9.38. The lowest BCUT2D eigenvalue weighted by Crippen LogP contribution is -2.29. The van der Waals surface area contributed by atoms with Crippen molar-refractivity contribution in [2.75, 3.05) is 14.2 Å². The fourth-order valence-electron chi connectivity index (χ4n) is 1.60. The molecule has 2 N–H and O–H groups in total. The first-order valence-electron chi connectivity index (χ1n) is 5.55. The molecule has 6 nitrogen and oxygen atoms in total. The molecule has 6 heteroatoms. The molecule has 0 amide bonds. The predicted molar refractivity (Wildman–Crippen MR) is 66.0 cm³/mol. The molecule has 0 saturated heterocycles. The maximum Gasteiger partial charge on any atom is 0.337 e. The molecule has 2 unspecified atom stereocenters. The zero-order valence-corrected chi connectivity index (χ0v) is 10.9. The van der Waals surface area contributed by atoms with Crippen LogP contribution in [0.4, 0.5) is 0 Å². The number of Topliss-reactive ketones (excluding diaryl/α,β-unsaturated/α-hetero) is 1.